The van der Waals surface area contributed by atoms with Crippen molar-refractivity contribution >= 4 is 23.5 Å². The van der Waals surface area contributed by atoms with Gasteiger partial charge in [-0.15, -0.1) is 0 Å². The number of oxime groups is 1. The van der Waals surface area contributed by atoms with E-state index >= 15 is 0 Å². The number of methoxy groups -OCH3 is 1. The third-order valence-corrected chi connectivity index (χ3v) is 5.38. The number of carbonyl (C=O) groups is 1. The number of hydrogen-bond donors (Lipinski definition) is 1. The Morgan fingerprint density at radius 1 is 1.24 bits per heavy atom. The van der Waals surface area contributed by atoms with Gasteiger partial charge in [-0.05, 0) is 35.4 Å². The van der Waals surface area contributed by atoms with E-state index in [1.54, 1.807) is 7.11 Å². The van der Waals surface area contributed by atoms with Gasteiger partial charge in [-0.1, -0.05) is 41.0 Å². The summed E-state index contributed by atoms with van der Waals surface area (Å²) in [7, 11) is 1.61. The monoisotopic (exact) mass is 415 g/mol. The molecule has 2 atom stereocenters. The highest BCUT2D eigenvalue weighted by Gasteiger charge is 2.42. The summed E-state index contributed by atoms with van der Waals surface area (Å²) in [5, 5.41) is 7.83. The molecule has 1 amide bonds. The number of nitrogens with zero attached hydrogens (tertiary/aromatic N) is 2. The molecule has 0 radical (unpaired) electrons. The molecule has 0 aliphatic carbocycles. The molecule has 2 aromatic carbocycles. The van der Waals surface area contributed by atoms with Gasteiger partial charge in [0.2, 0.25) is 0 Å². The first-order valence-electron chi connectivity index (χ1n) is 9.40. The quantitative estimate of drug-likeness (QED) is 0.810. The van der Waals surface area contributed by atoms with Gasteiger partial charge in [0.1, 0.15) is 25.0 Å². The topological polar surface area (TPSA) is 72.4 Å². The molecule has 2 aliphatic rings. The summed E-state index contributed by atoms with van der Waals surface area (Å²) < 4.78 is 10.6. The molecule has 0 bridgehead atoms. The van der Waals surface area contributed by atoms with E-state index in [4.69, 9.17) is 25.9 Å². The van der Waals surface area contributed by atoms with Crippen LogP contribution in [0.2, 0.25) is 5.02 Å². The summed E-state index contributed by atoms with van der Waals surface area (Å²) in [5.74, 6) is 1.50. The van der Waals surface area contributed by atoms with Gasteiger partial charge in [-0.25, -0.2) is 4.79 Å². The number of fused-ring (bicyclic) bond motifs is 1. The van der Waals surface area contributed by atoms with E-state index in [1.165, 1.54) is 0 Å². The number of amidine groups is 1. The molecule has 1 N–H and O–H groups in total. The van der Waals surface area contributed by atoms with E-state index in [2.05, 4.69) is 15.4 Å². The number of nitrogens with one attached hydrogen (secondary N) is 1. The lowest BCUT2D eigenvalue weighted by molar-refractivity contribution is 0.105. The zero-order chi connectivity index (χ0) is 20.2. The van der Waals surface area contributed by atoms with Crippen LogP contribution < -0.4 is 10.1 Å². The molecule has 0 saturated carbocycles. The minimum atomic E-state index is -0.500. The van der Waals surface area contributed by atoms with Crippen LogP contribution in [0.5, 0.6) is 5.75 Å². The number of carbonyl (C=O) groups excluding carboxylic acids is 1. The van der Waals surface area contributed by atoms with E-state index in [-0.39, 0.29) is 18.6 Å². The van der Waals surface area contributed by atoms with Crippen molar-refractivity contribution in [1.82, 2.24) is 10.2 Å². The minimum absolute atomic E-state index is 0.0289. The number of benzene rings is 2. The van der Waals surface area contributed by atoms with Crippen molar-refractivity contribution in [3.8, 4) is 5.75 Å². The van der Waals surface area contributed by atoms with Gasteiger partial charge < -0.3 is 24.5 Å². The fraction of sp³-hybridized carbons (Fsp3) is 0.333. The minimum Gasteiger partial charge on any atom is -0.497 e. The maximum Gasteiger partial charge on any atom is 0.408 e. The van der Waals surface area contributed by atoms with Crippen LogP contribution >= 0.6 is 11.6 Å². The number of ether oxygens (including phenoxy) is 2. The molecule has 4 rings (SSSR count). The standard InChI is InChI=1S/C21H22ClN3O4/c1-27-17-8-2-14(3-9-17)13-28-21(26)23-19-18(15-4-6-16(22)7-5-15)12-25-10-11-29-24-20(19)25/h2-9,18-19H,10-13H2,1H3,(H,23,26)/t18-,19-/m0/s1. The molecule has 0 unspecified atom stereocenters. The lowest BCUT2D eigenvalue weighted by atomic mass is 9.94. The highest BCUT2D eigenvalue weighted by atomic mass is 35.5. The van der Waals surface area contributed by atoms with Crippen molar-refractivity contribution in [1.29, 1.82) is 0 Å². The van der Waals surface area contributed by atoms with Gasteiger partial charge in [0.15, 0.2) is 5.84 Å². The van der Waals surface area contributed by atoms with Gasteiger partial charge in [0, 0.05) is 17.5 Å². The van der Waals surface area contributed by atoms with Gasteiger partial charge in [-0.2, -0.15) is 0 Å². The average Bonchev–Trinajstić information content (AvgIpc) is 3.11. The Hall–Kier alpha value is -2.93. The van der Waals surface area contributed by atoms with Gasteiger partial charge in [0.25, 0.3) is 0 Å². The second kappa shape index (κ2) is 8.61. The first-order valence-corrected chi connectivity index (χ1v) is 9.78. The first kappa shape index (κ1) is 19.4. The SMILES string of the molecule is COc1ccc(COC(=O)N[C@@H]2C3=NOCCN3C[C@H]2c2ccc(Cl)cc2)cc1. The summed E-state index contributed by atoms with van der Waals surface area (Å²) >= 11 is 6.03. The third-order valence-electron chi connectivity index (χ3n) is 5.13. The molecule has 2 heterocycles. The predicted octanol–water partition coefficient (Wildman–Crippen LogP) is 3.39. The van der Waals surface area contributed by atoms with E-state index in [9.17, 15) is 4.79 Å². The zero-order valence-corrected chi connectivity index (χ0v) is 16.8. The Morgan fingerprint density at radius 3 is 2.72 bits per heavy atom. The lowest BCUT2D eigenvalue weighted by Gasteiger charge is -2.24. The van der Waals surface area contributed by atoms with Crippen LogP contribution in [0.3, 0.4) is 0 Å². The summed E-state index contributed by atoms with van der Waals surface area (Å²) in [5.41, 5.74) is 1.95. The third kappa shape index (κ3) is 4.40. The Kier molecular flexibility index (Phi) is 5.76. The highest BCUT2D eigenvalue weighted by molar-refractivity contribution is 6.30. The molecule has 2 aromatic rings. The second-order valence-electron chi connectivity index (χ2n) is 6.93. The van der Waals surface area contributed by atoms with Crippen LogP contribution in [0.1, 0.15) is 17.0 Å². The molecule has 7 nitrogen and oxygen atoms in total. The van der Waals surface area contributed by atoms with Crippen LogP contribution in [0.15, 0.2) is 53.7 Å². The zero-order valence-electron chi connectivity index (χ0n) is 16.0. The maximum atomic E-state index is 12.5. The molecule has 1 saturated heterocycles. The Labute approximate surface area is 174 Å². The van der Waals surface area contributed by atoms with Crippen molar-refractivity contribution in [3.05, 3.63) is 64.7 Å². The van der Waals surface area contributed by atoms with Crippen molar-refractivity contribution < 1.29 is 19.1 Å². The van der Waals surface area contributed by atoms with Gasteiger partial charge in [0.05, 0.1) is 13.7 Å². The predicted molar refractivity (Wildman–Crippen MR) is 109 cm³/mol. The van der Waals surface area contributed by atoms with Crippen LogP contribution in [0, 0.1) is 0 Å². The van der Waals surface area contributed by atoms with Crippen LogP contribution in [-0.4, -0.2) is 49.7 Å². The van der Waals surface area contributed by atoms with E-state index in [1.807, 2.05) is 48.5 Å². The van der Waals surface area contributed by atoms with Gasteiger partial charge in [-0.3, -0.25) is 0 Å². The van der Waals surface area contributed by atoms with Crippen molar-refractivity contribution in [2.75, 3.05) is 26.8 Å². The molecule has 152 valence electrons. The van der Waals surface area contributed by atoms with Crippen LogP contribution in [0.4, 0.5) is 4.79 Å². The van der Waals surface area contributed by atoms with E-state index < -0.39 is 6.09 Å². The number of hydrogen-bond acceptors (Lipinski definition) is 6. The number of amides is 1. The largest absolute Gasteiger partial charge is 0.497 e. The summed E-state index contributed by atoms with van der Waals surface area (Å²) in [6, 6.07) is 14.7. The maximum absolute atomic E-state index is 12.5. The van der Waals surface area contributed by atoms with Gasteiger partial charge >= 0.3 is 6.09 Å². The molecular formula is C21H22ClN3O4. The summed E-state index contributed by atoms with van der Waals surface area (Å²) in [4.78, 5) is 19.9. The fourth-order valence-electron chi connectivity index (χ4n) is 3.61. The normalized spacial score (nSPS) is 20.3. The van der Waals surface area contributed by atoms with Crippen molar-refractivity contribution in [2.24, 2.45) is 5.16 Å². The van der Waals surface area contributed by atoms with Crippen molar-refractivity contribution in [3.63, 3.8) is 0 Å². The number of halogens is 1. The molecule has 1 fully saturated rings. The molecule has 0 aromatic heterocycles. The molecule has 8 heteroatoms. The van der Waals surface area contributed by atoms with E-state index in [0.29, 0.717) is 11.6 Å². The molecule has 0 spiro atoms. The highest BCUT2D eigenvalue weighted by Crippen LogP contribution is 2.31. The second-order valence-corrected chi connectivity index (χ2v) is 7.37. The number of alkyl carbamates (subject to hydrolysis) is 1. The Balaban J connectivity index is 1.45. The molecule has 29 heavy (non-hydrogen) atoms. The summed E-state index contributed by atoms with van der Waals surface area (Å²) in [6.45, 7) is 2.18. The van der Waals surface area contributed by atoms with Crippen LogP contribution in [-0.2, 0) is 16.2 Å². The van der Waals surface area contributed by atoms with Crippen molar-refractivity contribution in [2.45, 2.75) is 18.6 Å². The first-order chi connectivity index (χ1) is 14.1. The van der Waals surface area contributed by atoms with E-state index in [0.717, 1.165) is 35.8 Å². The Bertz CT molecular complexity index is 886. The molecular weight excluding hydrogens is 394 g/mol. The number of rotatable bonds is 5. The lowest BCUT2D eigenvalue weighted by Crippen LogP contribution is -2.45. The smallest absolute Gasteiger partial charge is 0.408 e. The molecule has 2 aliphatic heterocycles. The fourth-order valence-corrected chi connectivity index (χ4v) is 3.73. The Morgan fingerprint density at radius 2 is 2.00 bits per heavy atom. The summed E-state index contributed by atoms with van der Waals surface area (Å²) in [6.07, 6.45) is -0.500. The average molecular weight is 416 g/mol. The van der Waals surface area contributed by atoms with Crippen LogP contribution in [0.25, 0.3) is 0 Å².